The minimum Gasteiger partial charge on any atom is -0.490 e. The second-order valence-corrected chi connectivity index (χ2v) is 3.99. The molecule has 1 heterocycles. The molecule has 1 aliphatic rings. The highest BCUT2D eigenvalue weighted by atomic mass is 16.5. The van der Waals surface area contributed by atoms with Crippen molar-refractivity contribution < 1.29 is 19.1 Å². The topological polar surface area (TPSA) is 92.9 Å². The Morgan fingerprint density at radius 1 is 1.16 bits per heavy atom. The van der Waals surface area contributed by atoms with Crippen molar-refractivity contribution in [2.45, 2.75) is 0 Å². The van der Waals surface area contributed by atoms with Crippen molar-refractivity contribution in [3.8, 4) is 5.75 Å². The van der Waals surface area contributed by atoms with Gasteiger partial charge in [-0.2, -0.15) is 0 Å². The summed E-state index contributed by atoms with van der Waals surface area (Å²) >= 11 is 0. The summed E-state index contributed by atoms with van der Waals surface area (Å²) in [6, 6.07) is 6.25. The molecular weight excluding hydrogens is 250 g/mol. The molecule has 2 N–H and O–H groups in total. The number of hydrogen-bond donors (Lipinski definition) is 1. The molecular formula is C12H13N3O4. The van der Waals surface area contributed by atoms with Crippen LogP contribution in [0.15, 0.2) is 24.3 Å². The molecule has 0 aromatic heterocycles. The second-order valence-electron chi connectivity index (χ2n) is 3.99. The van der Waals surface area contributed by atoms with Gasteiger partial charge in [-0.3, -0.25) is 19.4 Å². The van der Waals surface area contributed by atoms with Crippen LogP contribution in [-0.4, -0.2) is 47.8 Å². The molecule has 1 fully saturated rings. The van der Waals surface area contributed by atoms with Crippen molar-refractivity contribution in [3.05, 3.63) is 24.3 Å². The first-order chi connectivity index (χ1) is 9.02. The summed E-state index contributed by atoms with van der Waals surface area (Å²) in [6.45, 7) is 0.0783. The van der Waals surface area contributed by atoms with Gasteiger partial charge in [-0.1, -0.05) is 12.1 Å². The number of ether oxygens (including phenoxy) is 1. The van der Waals surface area contributed by atoms with Crippen LogP contribution in [0.25, 0.3) is 0 Å². The summed E-state index contributed by atoms with van der Waals surface area (Å²) in [5, 5.41) is 0. The molecule has 0 saturated carbocycles. The number of rotatable bonds is 4. The maximum absolute atomic E-state index is 11.6. The van der Waals surface area contributed by atoms with E-state index in [1.54, 1.807) is 24.3 Å². The molecule has 1 aliphatic heterocycles. The third-order valence-corrected chi connectivity index (χ3v) is 2.74. The normalized spacial score (nSPS) is 15.3. The van der Waals surface area contributed by atoms with Gasteiger partial charge in [0.2, 0.25) is 0 Å². The van der Waals surface area contributed by atoms with E-state index in [2.05, 4.69) is 0 Å². The Morgan fingerprint density at radius 3 is 2.42 bits per heavy atom. The Labute approximate surface area is 109 Å². The van der Waals surface area contributed by atoms with Gasteiger partial charge in [-0.15, -0.1) is 0 Å². The third kappa shape index (κ3) is 2.35. The highest BCUT2D eigenvalue weighted by Gasteiger charge is 2.41. The van der Waals surface area contributed by atoms with Gasteiger partial charge in [0.05, 0.1) is 12.2 Å². The van der Waals surface area contributed by atoms with Crippen molar-refractivity contribution in [1.82, 2.24) is 9.80 Å². The predicted octanol–water partition coefficient (Wildman–Crippen LogP) is 0.0682. The first-order valence-electron chi connectivity index (χ1n) is 5.63. The van der Waals surface area contributed by atoms with E-state index in [0.29, 0.717) is 11.4 Å². The van der Waals surface area contributed by atoms with Gasteiger partial charge in [0.1, 0.15) is 12.4 Å². The van der Waals surface area contributed by atoms with E-state index in [1.807, 2.05) is 0 Å². The van der Waals surface area contributed by atoms with Gasteiger partial charge in [-0.25, -0.2) is 4.79 Å². The number of anilines is 1. The standard InChI is InChI=1S/C12H13N3O4/c1-14-10(16)11(17)15(12(14)18)6-7-19-9-5-3-2-4-8(9)13/h2-5H,6-7,13H2,1H3. The molecule has 0 aliphatic carbocycles. The zero-order valence-corrected chi connectivity index (χ0v) is 10.3. The zero-order chi connectivity index (χ0) is 14.0. The number of urea groups is 1. The average Bonchev–Trinajstić information content (AvgIpc) is 2.58. The Balaban J connectivity index is 1.94. The fourth-order valence-electron chi connectivity index (χ4n) is 1.67. The molecule has 0 radical (unpaired) electrons. The number of benzene rings is 1. The number of nitrogens with two attached hydrogens (primary N) is 1. The van der Waals surface area contributed by atoms with E-state index in [1.165, 1.54) is 7.05 Å². The lowest BCUT2D eigenvalue weighted by Gasteiger charge is -2.14. The van der Waals surface area contributed by atoms with Gasteiger partial charge < -0.3 is 10.5 Å². The quantitative estimate of drug-likeness (QED) is 0.471. The van der Waals surface area contributed by atoms with Crippen LogP contribution in [0.4, 0.5) is 10.5 Å². The number of hydrogen-bond acceptors (Lipinski definition) is 5. The number of nitrogen functional groups attached to an aromatic ring is 1. The summed E-state index contributed by atoms with van der Waals surface area (Å²) in [6.07, 6.45) is 0. The molecule has 0 spiro atoms. The molecule has 2 rings (SSSR count). The van der Waals surface area contributed by atoms with Crippen LogP contribution in [0.1, 0.15) is 0 Å². The van der Waals surface area contributed by atoms with Crippen LogP contribution in [0, 0.1) is 0 Å². The van der Waals surface area contributed by atoms with Crippen molar-refractivity contribution in [2.24, 2.45) is 0 Å². The van der Waals surface area contributed by atoms with E-state index in [9.17, 15) is 14.4 Å². The summed E-state index contributed by atoms with van der Waals surface area (Å²) in [4.78, 5) is 35.9. The average molecular weight is 263 g/mol. The van der Waals surface area contributed by atoms with E-state index >= 15 is 0 Å². The number of carbonyl (C=O) groups is 3. The van der Waals surface area contributed by atoms with E-state index in [4.69, 9.17) is 10.5 Å². The van der Waals surface area contributed by atoms with Crippen molar-refractivity contribution >= 4 is 23.5 Å². The Morgan fingerprint density at radius 2 is 1.84 bits per heavy atom. The molecule has 0 atom stereocenters. The second kappa shape index (κ2) is 4.97. The van der Waals surface area contributed by atoms with Gasteiger partial charge in [0.15, 0.2) is 0 Å². The number of amides is 4. The third-order valence-electron chi connectivity index (χ3n) is 2.74. The molecule has 0 bridgehead atoms. The van der Waals surface area contributed by atoms with Crippen LogP contribution in [0.5, 0.6) is 5.75 Å². The molecule has 7 heteroatoms. The smallest absolute Gasteiger partial charge is 0.334 e. The highest BCUT2D eigenvalue weighted by Crippen LogP contribution is 2.19. The Hall–Kier alpha value is -2.57. The first-order valence-corrected chi connectivity index (χ1v) is 5.63. The van der Waals surface area contributed by atoms with Crippen molar-refractivity contribution in [3.63, 3.8) is 0 Å². The minimum absolute atomic E-state index is 0.00206. The number of para-hydroxylation sites is 2. The maximum Gasteiger partial charge on any atom is 0.334 e. The molecule has 0 unspecified atom stereocenters. The molecule has 1 saturated heterocycles. The van der Waals surface area contributed by atoms with E-state index < -0.39 is 17.8 Å². The number of nitrogens with zero attached hydrogens (tertiary/aromatic N) is 2. The summed E-state index contributed by atoms with van der Waals surface area (Å²) in [7, 11) is 1.26. The fraction of sp³-hybridized carbons (Fsp3) is 0.250. The van der Waals surface area contributed by atoms with Crippen LogP contribution >= 0.6 is 0 Å². The lowest BCUT2D eigenvalue weighted by atomic mass is 10.3. The molecule has 100 valence electrons. The lowest BCUT2D eigenvalue weighted by molar-refractivity contribution is -0.142. The van der Waals surface area contributed by atoms with E-state index in [-0.39, 0.29) is 13.2 Å². The largest absolute Gasteiger partial charge is 0.490 e. The van der Waals surface area contributed by atoms with Crippen LogP contribution < -0.4 is 10.5 Å². The van der Waals surface area contributed by atoms with Gasteiger partial charge in [0, 0.05) is 7.05 Å². The summed E-state index contributed by atoms with van der Waals surface area (Å²) < 4.78 is 5.36. The number of carbonyl (C=O) groups excluding carboxylic acids is 3. The fourth-order valence-corrected chi connectivity index (χ4v) is 1.67. The van der Waals surface area contributed by atoms with Crippen LogP contribution in [-0.2, 0) is 9.59 Å². The minimum atomic E-state index is -0.836. The Bertz CT molecular complexity index is 544. The zero-order valence-electron chi connectivity index (χ0n) is 10.3. The lowest BCUT2D eigenvalue weighted by Crippen LogP contribution is -2.35. The van der Waals surface area contributed by atoms with Gasteiger partial charge in [0.25, 0.3) is 0 Å². The monoisotopic (exact) mass is 263 g/mol. The molecule has 7 nitrogen and oxygen atoms in total. The molecule has 1 aromatic carbocycles. The van der Waals surface area contributed by atoms with Crippen molar-refractivity contribution in [1.29, 1.82) is 0 Å². The van der Waals surface area contributed by atoms with Crippen molar-refractivity contribution in [2.75, 3.05) is 25.9 Å². The summed E-state index contributed by atoms with van der Waals surface area (Å²) in [5.74, 6) is -1.19. The summed E-state index contributed by atoms with van der Waals surface area (Å²) in [5.41, 5.74) is 6.15. The van der Waals surface area contributed by atoms with E-state index in [0.717, 1.165) is 9.80 Å². The molecule has 1 aromatic rings. The molecule has 19 heavy (non-hydrogen) atoms. The highest BCUT2D eigenvalue weighted by molar-refractivity contribution is 6.44. The number of imide groups is 2. The van der Waals surface area contributed by atoms with Gasteiger partial charge >= 0.3 is 17.8 Å². The SMILES string of the molecule is CN1C(=O)C(=O)N(CCOc2ccccc2N)C1=O. The molecule has 4 amide bonds. The maximum atomic E-state index is 11.6. The first kappa shape index (κ1) is 12.9. The van der Waals surface area contributed by atoms with Gasteiger partial charge in [-0.05, 0) is 12.1 Å². The number of likely N-dealkylation sites (N-methyl/N-ethyl adjacent to an activating group) is 1. The Kier molecular flexibility index (Phi) is 3.37. The predicted molar refractivity (Wildman–Crippen MR) is 66.2 cm³/mol. The van der Waals surface area contributed by atoms with Crippen LogP contribution in [0.2, 0.25) is 0 Å². The van der Waals surface area contributed by atoms with Crippen LogP contribution in [0.3, 0.4) is 0 Å².